The van der Waals surface area contributed by atoms with E-state index in [9.17, 15) is 0 Å². The van der Waals surface area contributed by atoms with Gasteiger partial charge >= 0.3 is 0 Å². The van der Waals surface area contributed by atoms with Gasteiger partial charge in [-0.15, -0.1) is 0 Å². The highest BCUT2D eigenvalue weighted by atomic mass is 35.5. The lowest BCUT2D eigenvalue weighted by Crippen LogP contribution is -2.07. The van der Waals surface area contributed by atoms with Crippen LogP contribution >= 0.6 is 11.6 Å². The van der Waals surface area contributed by atoms with Crippen molar-refractivity contribution in [3.8, 4) is 0 Å². The molecule has 0 aliphatic carbocycles. The second kappa shape index (κ2) is 4.94. The standard InChI is InChI=1S/C10H12ClN5/c1-16-7-3-8(15-16)2-4-13-10-9(11)12-5-6-14-10/h3,5-7H,2,4H2,1H3,(H,13,14). The molecule has 0 saturated heterocycles. The molecule has 0 fully saturated rings. The van der Waals surface area contributed by atoms with Crippen LogP contribution in [0.3, 0.4) is 0 Å². The largest absolute Gasteiger partial charge is 0.367 e. The highest BCUT2D eigenvalue weighted by Gasteiger charge is 2.01. The maximum atomic E-state index is 5.85. The molecule has 0 aliphatic heterocycles. The van der Waals surface area contributed by atoms with Gasteiger partial charge in [-0.05, 0) is 6.07 Å². The lowest BCUT2D eigenvalue weighted by Gasteiger charge is -2.04. The molecule has 2 rings (SSSR count). The zero-order valence-corrected chi connectivity index (χ0v) is 9.65. The number of aromatic nitrogens is 4. The van der Waals surface area contributed by atoms with Gasteiger partial charge in [0.05, 0.1) is 5.69 Å². The van der Waals surface area contributed by atoms with Gasteiger partial charge in [0.15, 0.2) is 11.0 Å². The smallest absolute Gasteiger partial charge is 0.171 e. The van der Waals surface area contributed by atoms with Crippen LogP contribution in [0.15, 0.2) is 24.7 Å². The number of nitrogens with zero attached hydrogens (tertiary/aromatic N) is 4. The summed E-state index contributed by atoms with van der Waals surface area (Å²) in [5.74, 6) is 0.611. The fraction of sp³-hybridized carbons (Fsp3) is 0.300. The maximum Gasteiger partial charge on any atom is 0.171 e. The van der Waals surface area contributed by atoms with Crippen LogP contribution in [0.4, 0.5) is 5.82 Å². The van der Waals surface area contributed by atoms with Crippen LogP contribution in [0, 0.1) is 0 Å². The summed E-state index contributed by atoms with van der Waals surface area (Å²) >= 11 is 5.85. The molecule has 84 valence electrons. The van der Waals surface area contributed by atoms with Crippen molar-refractivity contribution in [1.29, 1.82) is 0 Å². The molecule has 2 heterocycles. The van der Waals surface area contributed by atoms with E-state index < -0.39 is 0 Å². The molecule has 2 aromatic heterocycles. The Morgan fingerprint density at radius 1 is 1.38 bits per heavy atom. The molecule has 6 heteroatoms. The summed E-state index contributed by atoms with van der Waals surface area (Å²) in [6, 6.07) is 1.99. The van der Waals surface area contributed by atoms with Crippen molar-refractivity contribution in [3.05, 3.63) is 35.5 Å². The monoisotopic (exact) mass is 237 g/mol. The molecule has 5 nitrogen and oxygen atoms in total. The molecular formula is C10H12ClN5. The van der Waals surface area contributed by atoms with Gasteiger partial charge in [0, 0.05) is 38.6 Å². The van der Waals surface area contributed by atoms with Crippen LogP contribution < -0.4 is 5.32 Å². The third kappa shape index (κ3) is 2.70. The van der Waals surface area contributed by atoms with Crippen molar-refractivity contribution in [1.82, 2.24) is 19.7 Å². The third-order valence-corrected chi connectivity index (χ3v) is 2.37. The fourth-order valence-corrected chi connectivity index (χ4v) is 1.52. The van der Waals surface area contributed by atoms with Gasteiger partial charge in [-0.1, -0.05) is 11.6 Å². The molecule has 0 aliphatic rings. The second-order valence-corrected chi connectivity index (χ2v) is 3.71. The Kier molecular flexibility index (Phi) is 3.36. The summed E-state index contributed by atoms with van der Waals surface area (Å²) in [5.41, 5.74) is 1.04. The number of anilines is 1. The summed E-state index contributed by atoms with van der Waals surface area (Å²) in [6.07, 6.45) is 5.92. The van der Waals surface area contributed by atoms with Crippen molar-refractivity contribution in [2.45, 2.75) is 6.42 Å². The lowest BCUT2D eigenvalue weighted by molar-refractivity contribution is 0.742. The number of rotatable bonds is 4. The van der Waals surface area contributed by atoms with E-state index in [-0.39, 0.29) is 0 Å². The van der Waals surface area contributed by atoms with Gasteiger partial charge in [0.25, 0.3) is 0 Å². The van der Waals surface area contributed by atoms with Gasteiger partial charge in [0.2, 0.25) is 0 Å². The quantitative estimate of drug-likeness (QED) is 0.876. The Balaban J connectivity index is 1.87. The highest BCUT2D eigenvalue weighted by molar-refractivity contribution is 6.31. The average molecular weight is 238 g/mol. The summed E-state index contributed by atoms with van der Waals surface area (Å²) in [7, 11) is 1.90. The fourth-order valence-electron chi connectivity index (χ4n) is 1.35. The van der Waals surface area contributed by atoms with Crippen molar-refractivity contribution >= 4 is 17.4 Å². The first-order valence-corrected chi connectivity index (χ1v) is 5.32. The molecular weight excluding hydrogens is 226 g/mol. The molecule has 2 aromatic rings. The van der Waals surface area contributed by atoms with Gasteiger partial charge in [-0.3, -0.25) is 4.68 Å². The minimum atomic E-state index is 0.392. The van der Waals surface area contributed by atoms with E-state index in [1.165, 1.54) is 0 Å². The lowest BCUT2D eigenvalue weighted by atomic mass is 10.3. The molecule has 0 amide bonds. The van der Waals surface area contributed by atoms with Crippen molar-refractivity contribution in [2.75, 3.05) is 11.9 Å². The molecule has 0 spiro atoms. The first-order chi connectivity index (χ1) is 7.75. The Hall–Kier alpha value is -1.62. The zero-order chi connectivity index (χ0) is 11.4. The van der Waals surface area contributed by atoms with E-state index in [0.717, 1.165) is 18.7 Å². The molecule has 0 bridgehead atoms. The second-order valence-electron chi connectivity index (χ2n) is 3.35. The van der Waals surface area contributed by atoms with Gasteiger partial charge in [0.1, 0.15) is 0 Å². The van der Waals surface area contributed by atoms with Crippen molar-refractivity contribution in [3.63, 3.8) is 0 Å². The zero-order valence-electron chi connectivity index (χ0n) is 8.89. The number of hydrogen-bond acceptors (Lipinski definition) is 4. The van der Waals surface area contributed by atoms with E-state index in [1.807, 2.05) is 19.3 Å². The summed E-state index contributed by atoms with van der Waals surface area (Å²) in [5, 5.41) is 7.78. The van der Waals surface area contributed by atoms with Crippen LogP contribution in [0.2, 0.25) is 5.15 Å². The van der Waals surface area contributed by atoms with E-state index in [2.05, 4.69) is 20.4 Å². The molecule has 0 atom stereocenters. The van der Waals surface area contributed by atoms with E-state index in [1.54, 1.807) is 17.1 Å². The van der Waals surface area contributed by atoms with Gasteiger partial charge < -0.3 is 5.32 Å². The Labute approximate surface area is 98.5 Å². The van der Waals surface area contributed by atoms with E-state index >= 15 is 0 Å². The van der Waals surface area contributed by atoms with Crippen LogP contribution in [0.5, 0.6) is 0 Å². The van der Waals surface area contributed by atoms with Crippen LogP contribution in [-0.4, -0.2) is 26.3 Å². The van der Waals surface area contributed by atoms with E-state index in [4.69, 9.17) is 11.6 Å². The molecule has 0 radical (unpaired) electrons. The SMILES string of the molecule is Cn1ccc(CCNc2nccnc2Cl)n1. The van der Waals surface area contributed by atoms with E-state index in [0.29, 0.717) is 11.0 Å². The molecule has 0 aromatic carbocycles. The van der Waals surface area contributed by atoms with Gasteiger partial charge in [-0.25, -0.2) is 9.97 Å². The molecule has 1 N–H and O–H groups in total. The minimum absolute atomic E-state index is 0.392. The minimum Gasteiger partial charge on any atom is -0.367 e. The first kappa shape index (κ1) is 10.9. The average Bonchev–Trinajstić information content (AvgIpc) is 2.67. The first-order valence-electron chi connectivity index (χ1n) is 4.94. The maximum absolute atomic E-state index is 5.85. The van der Waals surface area contributed by atoms with Crippen molar-refractivity contribution < 1.29 is 0 Å². The summed E-state index contributed by atoms with van der Waals surface area (Å²) in [6.45, 7) is 0.732. The number of hydrogen-bond donors (Lipinski definition) is 1. The van der Waals surface area contributed by atoms with Crippen LogP contribution in [0.25, 0.3) is 0 Å². The summed E-state index contributed by atoms with van der Waals surface area (Å²) in [4.78, 5) is 8.01. The highest BCUT2D eigenvalue weighted by Crippen LogP contribution is 2.13. The predicted molar refractivity (Wildman–Crippen MR) is 62.4 cm³/mol. The Morgan fingerprint density at radius 2 is 2.19 bits per heavy atom. The van der Waals surface area contributed by atoms with Crippen LogP contribution in [-0.2, 0) is 13.5 Å². The van der Waals surface area contributed by atoms with Crippen molar-refractivity contribution in [2.24, 2.45) is 7.05 Å². The Bertz CT molecular complexity index is 468. The topological polar surface area (TPSA) is 55.6 Å². The number of aryl methyl sites for hydroxylation is 1. The molecule has 0 unspecified atom stereocenters. The molecule has 0 saturated carbocycles. The normalized spacial score (nSPS) is 10.4. The number of halogens is 1. The third-order valence-electron chi connectivity index (χ3n) is 2.10. The summed E-state index contributed by atoms with van der Waals surface area (Å²) < 4.78 is 1.78. The Morgan fingerprint density at radius 3 is 2.88 bits per heavy atom. The molecule has 16 heavy (non-hydrogen) atoms. The van der Waals surface area contributed by atoms with Crippen LogP contribution in [0.1, 0.15) is 5.69 Å². The predicted octanol–water partition coefficient (Wildman–Crippen LogP) is 1.52. The number of nitrogens with one attached hydrogen (secondary N) is 1. The van der Waals surface area contributed by atoms with Gasteiger partial charge in [-0.2, -0.15) is 5.10 Å².